The van der Waals surface area contributed by atoms with Crippen LogP contribution in [0.4, 0.5) is 0 Å². The molecule has 57 heavy (non-hydrogen) atoms. The third kappa shape index (κ3) is 4.81. The number of hydrogen-bond acceptors (Lipinski definition) is 0. The number of fused-ring (bicyclic) bond motifs is 10. The first kappa shape index (κ1) is 32.2. The summed E-state index contributed by atoms with van der Waals surface area (Å²) in [4.78, 5) is 0. The van der Waals surface area contributed by atoms with Gasteiger partial charge in [-0.1, -0.05) is 172 Å². The SMILES string of the molecule is CC1(C)c2cc(-c3c4ccccc4c(-c4ccc5cc(-c6ccc7ccccc7c6)ccc5c4)c4c3ccc3ccccc34)ccc2-c2cc3ccccc3cc21. The summed E-state index contributed by atoms with van der Waals surface area (Å²) in [6.07, 6.45) is 0. The van der Waals surface area contributed by atoms with Gasteiger partial charge >= 0.3 is 0 Å². The molecule has 1 aliphatic carbocycles. The third-order valence-corrected chi connectivity index (χ3v) is 13.0. The first-order chi connectivity index (χ1) is 28.0. The number of rotatable bonds is 3. The van der Waals surface area contributed by atoms with E-state index < -0.39 is 0 Å². The van der Waals surface area contributed by atoms with E-state index in [1.54, 1.807) is 0 Å². The van der Waals surface area contributed by atoms with Gasteiger partial charge in [0, 0.05) is 5.41 Å². The zero-order valence-corrected chi connectivity index (χ0v) is 32.0. The standard InChI is InChI=1S/C57H38/c1-57(2)52-34-45(26-27-47(52)51-32-38-14-5-6-15-39(38)33-53(51)57)54-48-17-9-10-18-49(48)55(56-46-16-8-7-12-36(46)25-28-50(54)56)44-24-23-42-30-41(21-22-43(42)31-44)40-20-19-35-11-3-4-13-37(35)29-40/h3-34H,1-2H3. The maximum Gasteiger partial charge on any atom is 0.0159 e. The average Bonchev–Trinajstić information content (AvgIpc) is 3.48. The Hall–Kier alpha value is -7.02. The van der Waals surface area contributed by atoms with Crippen molar-refractivity contribution in [3.8, 4) is 44.5 Å². The summed E-state index contributed by atoms with van der Waals surface area (Å²) in [6.45, 7) is 4.79. The van der Waals surface area contributed by atoms with E-state index in [1.165, 1.54) is 120 Å². The van der Waals surface area contributed by atoms with Crippen molar-refractivity contribution in [2.75, 3.05) is 0 Å². The summed E-state index contributed by atoms with van der Waals surface area (Å²) in [5, 5.41) is 15.3. The summed E-state index contributed by atoms with van der Waals surface area (Å²) in [6, 6.07) is 72.9. The fraction of sp³-hybridized carbons (Fsp3) is 0.0526. The molecule has 0 radical (unpaired) electrons. The van der Waals surface area contributed by atoms with Gasteiger partial charge in [0.25, 0.3) is 0 Å². The van der Waals surface area contributed by atoms with E-state index in [-0.39, 0.29) is 5.41 Å². The van der Waals surface area contributed by atoms with Gasteiger partial charge in [0.15, 0.2) is 0 Å². The predicted molar refractivity (Wildman–Crippen MR) is 245 cm³/mol. The largest absolute Gasteiger partial charge is 0.0616 e. The van der Waals surface area contributed by atoms with Crippen LogP contribution in [0.1, 0.15) is 25.0 Å². The molecule has 12 rings (SSSR count). The molecule has 0 saturated carbocycles. The van der Waals surface area contributed by atoms with Gasteiger partial charge in [-0.25, -0.2) is 0 Å². The fourth-order valence-corrected chi connectivity index (χ4v) is 10.1. The molecule has 0 spiro atoms. The lowest BCUT2D eigenvalue weighted by Crippen LogP contribution is -2.15. The molecular weight excluding hydrogens is 685 g/mol. The second kappa shape index (κ2) is 12.0. The first-order valence-electron chi connectivity index (χ1n) is 20.1. The van der Waals surface area contributed by atoms with Gasteiger partial charge in [-0.2, -0.15) is 0 Å². The Kier molecular flexibility index (Phi) is 6.78. The van der Waals surface area contributed by atoms with Crippen LogP contribution < -0.4 is 0 Å². The molecular formula is C57H38. The topological polar surface area (TPSA) is 0 Å². The number of benzene rings is 11. The fourth-order valence-electron chi connectivity index (χ4n) is 10.1. The van der Waals surface area contributed by atoms with Crippen molar-refractivity contribution < 1.29 is 0 Å². The van der Waals surface area contributed by atoms with Gasteiger partial charge in [-0.3, -0.25) is 0 Å². The molecule has 0 N–H and O–H groups in total. The molecule has 0 aliphatic heterocycles. The lowest BCUT2D eigenvalue weighted by molar-refractivity contribution is 0.661. The normalized spacial score (nSPS) is 13.2. The van der Waals surface area contributed by atoms with Crippen molar-refractivity contribution in [1.82, 2.24) is 0 Å². The van der Waals surface area contributed by atoms with E-state index in [1.807, 2.05) is 0 Å². The van der Waals surface area contributed by atoms with Crippen LogP contribution >= 0.6 is 0 Å². The zero-order valence-electron chi connectivity index (χ0n) is 32.0. The Morgan fingerprint density at radius 1 is 0.281 bits per heavy atom. The van der Waals surface area contributed by atoms with Gasteiger partial charge in [0.2, 0.25) is 0 Å². The predicted octanol–water partition coefficient (Wildman–Crippen LogP) is 15.9. The van der Waals surface area contributed by atoms with Gasteiger partial charge in [-0.15, -0.1) is 0 Å². The van der Waals surface area contributed by atoms with Crippen LogP contribution in [0.25, 0.3) is 109 Å². The molecule has 0 bridgehead atoms. The summed E-state index contributed by atoms with van der Waals surface area (Å²) >= 11 is 0. The van der Waals surface area contributed by atoms with E-state index >= 15 is 0 Å². The summed E-state index contributed by atoms with van der Waals surface area (Å²) in [5.41, 5.74) is 13.0. The molecule has 0 aromatic heterocycles. The van der Waals surface area contributed by atoms with Crippen LogP contribution in [0, 0.1) is 0 Å². The monoisotopic (exact) mass is 722 g/mol. The van der Waals surface area contributed by atoms with Crippen molar-refractivity contribution in [3.63, 3.8) is 0 Å². The molecule has 0 nitrogen and oxygen atoms in total. The zero-order chi connectivity index (χ0) is 37.8. The Labute approximate surface area is 332 Å². The Morgan fingerprint density at radius 2 is 0.737 bits per heavy atom. The molecule has 0 heteroatoms. The van der Waals surface area contributed by atoms with Crippen LogP contribution in [0.5, 0.6) is 0 Å². The van der Waals surface area contributed by atoms with E-state index in [0.717, 1.165) is 0 Å². The third-order valence-electron chi connectivity index (χ3n) is 13.0. The molecule has 0 amide bonds. The van der Waals surface area contributed by atoms with Crippen LogP contribution in [-0.4, -0.2) is 0 Å². The van der Waals surface area contributed by atoms with Crippen molar-refractivity contribution in [2.45, 2.75) is 19.3 Å². The highest BCUT2D eigenvalue weighted by Gasteiger charge is 2.36. The highest BCUT2D eigenvalue weighted by atomic mass is 14.4. The van der Waals surface area contributed by atoms with Gasteiger partial charge < -0.3 is 0 Å². The minimum atomic E-state index is -0.123. The Bertz CT molecular complexity index is 3490. The average molecular weight is 723 g/mol. The van der Waals surface area contributed by atoms with Crippen LogP contribution in [0.2, 0.25) is 0 Å². The van der Waals surface area contributed by atoms with Crippen LogP contribution in [0.15, 0.2) is 194 Å². The molecule has 0 saturated heterocycles. The molecule has 0 fully saturated rings. The highest BCUT2D eigenvalue weighted by Crippen LogP contribution is 2.53. The Balaban J connectivity index is 1.07. The quantitative estimate of drug-likeness (QED) is 0.126. The van der Waals surface area contributed by atoms with Crippen LogP contribution in [-0.2, 0) is 5.41 Å². The first-order valence-corrected chi connectivity index (χ1v) is 20.1. The van der Waals surface area contributed by atoms with Crippen molar-refractivity contribution >= 4 is 64.6 Å². The summed E-state index contributed by atoms with van der Waals surface area (Å²) in [7, 11) is 0. The molecule has 266 valence electrons. The summed E-state index contributed by atoms with van der Waals surface area (Å²) < 4.78 is 0. The van der Waals surface area contributed by atoms with E-state index in [4.69, 9.17) is 0 Å². The molecule has 11 aromatic carbocycles. The van der Waals surface area contributed by atoms with Gasteiger partial charge in [0.05, 0.1) is 0 Å². The maximum atomic E-state index is 2.50. The minimum Gasteiger partial charge on any atom is -0.0616 e. The van der Waals surface area contributed by atoms with Gasteiger partial charge in [0.1, 0.15) is 0 Å². The van der Waals surface area contributed by atoms with Crippen molar-refractivity contribution in [1.29, 1.82) is 0 Å². The molecule has 0 unspecified atom stereocenters. The van der Waals surface area contributed by atoms with Crippen LogP contribution in [0.3, 0.4) is 0 Å². The highest BCUT2D eigenvalue weighted by molar-refractivity contribution is 6.28. The van der Waals surface area contributed by atoms with Crippen molar-refractivity contribution in [2.24, 2.45) is 0 Å². The van der Waals surface area contributed by atoms with E-state index in [9.17, 15) is 0 Å². The van der Waals surface area contributed by atoms with Gasteiger partial charge in [-0.05, 0) is 157 Å². The second-order valence-electron chi connectivity index (χ2n) is 16.5. The van der Waals surface area contributed by atoms with E-state index in [0.29, 0.717) is 0 Å². The number of hydrogen-bond donors (Lipinski definition) is 0. The molecule has 0 heterocycles. The smallest absolute Gasteiger partial charge is 0.0159 e. The lowest BCUT2D eigenvalue weighted by atomic mass is 9.79. The molecule has 1 aliphatic rings. The Morgan fingerprint density at radius 3 is 1.46 bits per heavy atom. The summed E-state index contributed by atoms with van der Waals surface area (Å²) in [5.74, 6) is 0. The molecule has 0 atom stereocenters. The second-order valence-corrected chi connectivity index (χ2v) is 16.5. The van der Waals surface area contributed by atoms with E-state index in [2.05, 4.69) is 208 Å². The molecule has 11 aromatic rings. The lowest BCUT2D eigenvalue weighted by Gasteiger charge is -2.23. The van der Waals surface area contributed by atoms with Crippen molar-refractivity contribution in [3.05, 3.63) is 205 Å². The minimum absolute atomic E-state index is 0.123. The maximum absolute atomic E-state index is 2.50.